The molecular weight excluding hydrogens is 268 g/mol. The van der Waals surface area contributed by atoms with Crippen molar-refractivity contribution in [1.82, 2.24) is 10.3 Å². The number of fused-ring (bicyclic) bond motifs is 1. The van der Waals surface area contributed by atoms with E-state index in [4.69, 9.17) is 9.72 Å². The summed E-state index contributed by atoms with van der Waals surface area (Å²) in [6.45, 7) is 3.33. The van der Waals surface area contributed by atoms with E-state index >= 15 is 0 Å². The zero-order valence-corrected chi connectivity index (χ0v) is 13.5. The molecule has 0 amide bonds. The first-order valence-corrected chi connectivity index (χ1v) is 8.89. The SMILES string of the molecule is CCCNC1CCCc2nc(C3(OC)CCCC3)sc21. The van der Waals surface area contributed by atoms with Crippen LogP contribution in [0.3, 0.4) is 0 Å². The molecule has 1 unspecified atom stereocenters. The van der Waals surface area contributed by atoms with Gasteiger partial charge in [-0.2, -0.15) is 0 Å². The average Bonchev–Trinajstić information content (AvgIpc) is 3.11. The van der Waals surface area contributed by atoms with E-state index in [9.17, 15) is 0 Å². The van der Waals surface area contributed by atoms with Gasteiger partial charge in [0.15, 0.2) is 0 Å². The maximum Gasteiger partial charge on any atom is 0.125 e. The molecule has 1 fully saturated rings. The normalized spacial score (nSPS) is 24.8. The number of ether oxygens (including phenoxy) is 1. The minimum absolute atomic E-state index is 0.0721. The van der Waals surface area contributed by atoms with Gasteiger partial charge < -0.3 is 10.1 Å². The molecule has 1 heterocycles. The molecule has 0 bridgehead atoms. The zero-order valence-electron chi connectivity index (χ0n) is 12.7. The Bertz CT molecular complexity index is 451. The number of hydrogen-bond donors (Lipinski definition) is 1. The van der Waals surface area contributed by atoms with Crippen molar-refractivity contribution < 1.29 is 4.74 Å². The van der Waals surface area contributed by atoms with Crippen LogP contribution < -0.4 is 5.32 Å². The van der Waals surface area contributed by atoms with Crippen molar-refractivity contribution in [2.75, 3.05) is 13.7 Å². The fourth-order valence-corrected chi connectivity index (χ4v) is 5.03. The van der Waals surface area contributed by atoms with Gasteiger partial charge in [-0.05, 0) is 45.1 Å². The summed E-state index contributed by atoms with van der Waals surface area (Å²) < 4.78 is 5.91. The monoisotopic (exact) mass is 294 g/mol. The largest absolute Gasteiger partial charge is 0.371 e. The molecule has 4 heteroatoms. The van der Waals surface area contributed by atoms with Gasteiger partial charge in [-0.25, -0.2) is 4.98 Å². The molecule has 1 atom stereocenters. The summed E-state index contributed by atoms with van der Waals surface area (Å²) in [5, 5.41) is 4.93. The molecule has 0 saturated heterocycles. The van der Waals surface area contributed by atoms with Crippen LogP contribution in [0.4, 0.5) is 0 Å². The Morgan fingerprint density at radius 2 is 2.15 bits per heavy atom. The van der Waals surface area contributed by atoms with Crippen LogP contribution in [0, 0.1) is 0 Å². The van der Waals surface area contributed by atoms with E-state index in [-0.39, 0.29) is 5.60 Å². The summed E-state index contributed by atoms with van der Waals surface area (Å²) in [5.74, 6) is 0. The molecule has 2 aliphatic carbocycles. The molecule has 1 aromatic rings. The van der Waals surface area contributed by atoms with Crippen molar-refractivity contribution in [3.05, 3.63) is 15.6 Å². The van der Waals surface area contributed by atoms with Gasteiger partial charge in [-0.15, -0.1) is 11.3 Å². The van der Waals surface area contributed by atoms with E-state index in [1.54, 1.807) is 0 Å². The first-order chi connectivity index (χ1) is 9.79. The highest BCUT2D eigenvalue weighted by Crippen LogP contribution is 2.46. The highest BCUT2D eigenvalue weighted by Gasteiger charge is 2.40. The van der Waals surface area contributed by atoms with Crippen LogP contribution in [0.1, 0.15) is 73.5 Å². The van der Waals surface area contributed by atoms with Gasteiger partial charge in [0.1, 0.15) is 10.6 Å². The maximum atomic E-state index is 5.91. The van der Waals surface area contributed by atoms with E-state index in [1.807, 2.05) is 18.4 Å². The fraction of sp³-hybridized carbons (Fsp3) is 0.812. The zero-order chi connectivity index (χ0) is 14.0. The molecule has 0 aliphatic heterocycles. The number of rotatable bonds is 5. The topological polar surface area (TPSA) is 34.2 Å². The van der Waals surface area contributed by atoms with Crippen LogP contribution in [0.25, 0.3) is 0 Å². The molecule has 1 saturated carbocycles. The number of hydrogen-bond acceptors (Lipinski definition) is 4. The number of aryl methyl sites for hydroxylation is 1. The third-order valence-electron chi connectivity index (χ3n) is 4.78. The second kappa shape index (κ2) is 6.12. The first kappa shape index (κ1) is 14.5. The maximum absolute atomic E-state index is 5.91. The molecule has 3 rings (SSSR count). The van der Waals surface area contributed by atoms with E-state index in [2.05, 4.69) is 12.2 Å². The third-order valence-corrected chi connectivity index (χ3v) is 6.18. The van der Waals surface area contributed by atoms with Crippen molar-refractivity contribution in [2.45, 2.75) is 69.9 Å². The molecule has 0 aromatic carbocycles. The van der Waals surface area contributed by atoms with Gasteiger partial charge in [0.2, 0.25) is 0 Å². The average molecular weight is 294 g/mol. The Hall–Kier alpha value is -0.450. The van der Waals surface area contributed by atoms with Crippen LogP contribution in [-0.4, -0.2) is 18.6 Å². The van der Waals surface area contributed by atoms with Crippen molar-refractivity contribution in [2.24, 2.45) is 0 Å². The second-order valence-corrected chi connectivity index (χ2v) is 7.17. The van der Waals surface area contributed by atoms with Gasteiger partial charge in [-0.3, -0.25) is 0 Å². The van der Waals surface area contributed by atoms with Gasteiger partial charge in [0.25, 0.3) is 0 Å². The molecule has 2 aliphatic rings. The lowest BCUT2D eigenvalue weighted by Gasteiger charge is -2.24. The van der Waals surface area contributed by atoms with Crippen LogP contribution in [0.2, 0.25) is 0 Å². The standard InChI is InChI=1S/C16H26N2OS/c1-3-11-17-12-7-6-8-13-14(12)20-15(18-13)16(19-2)9-4-5-10-16/h12,17H,3-11H2,1-2H3. The Morgan fingerprint density at radius 1 is 1.35 bits per heavy atom. The van der Waals surface area contributed by atoms with Gasteiger partial charge in [-0.1, -0.05) is 19.8 Å². The molecule has 20 heavy (non-hydrogen) atoms. The molecule has 1 N–H and O–H groups in total. The fourth-order valence-electron chi connectivity index (χ4n) is 3.58. The molecule has 1 aromatic heterocycles. The van der Waals surface area contributed by atoms with Gasteiger partial charge >= 0.3 is 0 Å². The predicted molar refractivity (Wildman–Crippen MR) is 83.2 cm³/mol. The molecule has 3 nitrogen and oxygen atoms in total. The van der Waals surface area contributed by atoms with Gasteiger partial charge in [0.05, 0.1) is 5.69 Å². The summed E-state index contributed by atoms with van der Waals surface area (Å²) in [6, 6.07) is 0.528. The van der Waals surface area contributed by atoms with E-state index < -0.39 is 0 Å². The summed E-state index contributed by atoms with van der Waals surface area (Å²) in [6.07, 6.45) is 9.69. The predicted octanol–water partition coefficient (Wildman–Crippen LogP) is 3.94. The smallest absolute Gasteiger partial charge is 0.125 e. The lowest BCUT2D eigenvalue weighted by Crippen LogP contribution is -2.24. The molecular formula is C16H26N2OS. The molecule has 0 radical (unpaired) electrons. The number of nitrogens with zero attached hydrogens (tertiary/aromatic N) is 1. The van der Waals surface area contributed by atoms with Crippen LogP contribution in [0.15, 0.2) is 0 Å². The Labute approximate surface area is 126 Å². The Morgan fingerprint density at radius 3 is 2.85 bits per heavy atom. The second-order valence-electron chi connectivity index (χ2n) is 6.13. The van der Waals surface area contributed by atoms with Crippen molar-refractivity contribution >= 4 is 11.3 Å². The summed E-state index contributed by atoms with van der Waals surface area (Å²) in [5.41, 5.74) is 1.27. The minimum atomic E-state index is -0.0721. The van der Waals surface area contributed by atoms with Crippen LogP contribution in [0.5, 0.6) is 0 Å². The minimum Gasteiger partial charge on any atom is -0.371 e. The number of methoxy groups -OCH3 is 1. The first-order valence-electron chi connectivity index (χ1n) is 8.07. The third kappa shape index (κ3) is 2.53. The molecule has 112 valence electrons. The van der Waals surface area contributed by atoms with E-state index in [1.165, 1.54) is 47.7 Å². The number of thiazole rings is 1. The van der Waals surface area contributed by atoms with E-state index in [0.29, 0.717) is 6.04 Å². The van der Waals surface area contributed by atoms with E-state index in [0.717, 1.165) is 25.8 Å². The van der Waals surface area contributed by atoms with Crippen molar-refractivity contribution in [3.63, 3.8) is 0 Å². The summed E-state index contributed by atoms with van der Waals surface area (Å²) >= 11 is 1.92. The van der Waals surface area contributed by atoms with Crippen LogP contribution >= 0.6 is 11.3 Å². The Kier molecular flexibility index (Phi) is 4.43. The Balaban J connectivity index is 1.87. The summed E-state index contributed by atoms with van der Waals surface area (Å²) in [4.78, 5) is 6.48. The van der Waals surface area contributed by atoms with Crippen molar-refractivity contribution in [3.8, 4) is 0 Å². The highest BCUT2D eigenvalue weighted by molar-refractivity contribution is 7.12. The lowest BCUT2D eigenvalue weighted by atomic mass is 9.97. The highest BCUT2D eigenvalue weighted by atomic mass is 32.1. The van der Waals surface area contributed by atoms with Crippen molar-refractivity contribution in [1.29, 1.82) is 0 Å². The molecule has 0 spiro atoms. The summed E-state index contributed by atoms with van der Waals surface area (Å²) in [7, 11) is 1.86. The van der Waals surface area contributed by atoms with Gasteiger partial charge in [0, 0.05) is 18.0 Å². The number of nitrogens with one attached hydrogen (secondary N) is 1. The quantitative estimate of drug-likeness (QED) is 0.893. The van der Waals surface area contributed by atoms with Crippen LogP contribution in [-0.2, 0) is 16.8 Å². The lowest BCUT2D eigenvalue weighted by molar-refractivity contribution is -0.00896. The number of aromatic nitrogens is 1.